The first kappa shape index (κ1) is 15.0. The minimum Gasteiger partial charge on any atom is -0.481 e. The van der Waals surface area contributed by atoms with Crippen LogP contribution in [0.2, 0.25) is 0 Å². The average molecular weight is 285 g/mol. The van der Waals surface area contributed by atoms with Crippen molar-refractivity contribution in [2.24, 2.45) is 0 Å². The summed E-state index contributed by atoms with van der Waals surface area (Å²) >= 11 is 0. The molecule has 0 radical (unpaired) electrons. The second-order valence-electron chi connectivity index (χ2n) is 5.03. The van der Waals surface area contributed by atoms with Crippen LogP contribution in [0.3, 0.4) is 0 Å². The highest BCUT2D eigenvalue weighted by molar-refractivity contribution is 5.83. The number of amides is 1. The Morgan fingerprint density at radius 3 is 2.52 bits per heavy atom. The number of fused-ring (bicyclic) bond motifs is 1. The van der Waals surface area contributed by atoms with E-state index >= 15 is 0 Å². The second kappa shape index (κ2) is 7.43. The molecule has 1 amide bonds. The van der Waals surface area contributed by atoms with Gasteiger partial charge >= 0.3 is 5.97 Å². The molecule has 0 saturated carbocycles. The summed E-state index contributed by atoms with van der Waals surface area (Å²) in [6.45, 7) is 0.199. The first-order chi connectivity index (χ1) is 10.1. The predicted molar refractivity (Wildman–Crippen MR) is 82.1 cm³/mol. The van der Waals surface area contributed by atoms with E-state index in [0.717, 1.165) is 12.8 Å². The summed E-state index contributed by atoms with van der Waals surface area (Å²) in [5, 5.41) is 13.5. The molecule has 2 rings (SSSR count). The zero-order chi connectivity index (χ0) is 15.1. The fourth-order valence-corrected chi connectivity index (χ4v) is 2.24. The third kappa shape index (κ3) is 4.91. The molecule has 0 aliphatic heterocycles. The quantitative estimate of drug-likeness (QED) is 0.822. The molecule has 4 heteroatoms. The Hall–Kier alpha value is -2.36. The summed E-state index contributed by atoms with van der Waals surface area (Å²) in [5.74, 6) is -0.983. The molecule has 0 unspecified atom stereocenters. The van der Waals surface area contributed by atoms with Crippen LogP contribution in [0, 0.1) is 0 Å². The van der Waals surface area contributed by atoms with Crippen molar-refractivity contribution in [3.63, 3.8) is 0 Å². The summed E-state index contributed by atoms with van der Waals surface area (Å²) in [7, 11) is 0. The Morgan fingerprint density at radius 1 is 1.00 bits per heavy atom. The van der Waals surface area contributed by atoms with E-state index in [9.17, 15) is 9.59 Å². The van der Waals surface area contributed by atoms with Gasteiger partial charge in [-0.25, -0.2) is 0 Å². The van der Waals surface area contributed by atoms with Gasteiger partial charge in [-0.15, -0.1) is 0 Å². The monoisotopic (exact) mass is 285 g/mol. The van der Waals surface area contributed by atoms with E-state index in [2.05, 4.69) is 35.6 Å². The van der Waals surface area contributed by atoms with Crippen molar-refractivity contribution in [2.75, 3.05) is 6.54 Å². The minimum atomic E-state index is -0.897. The molecule has 0 aromatic heterocycles. The van der Waals surface area contributed by atoms with E-state index in [0.29, 0.717) is 6.42 Å². The van der Waals surface area contributed by atoms with Gasteiger partial charge in [-0.05, 0) is 29.2 Å². The van der Waals surface area contributed by atoms with Crippen molar-refractivity contribution in [3.8, 4) is 0 Å². The van der Waals surface area contributed by atoms with Crippen molar-refractivity contribution in [2.45, 2.75) is 25.7 Å². The number of carbonyl (C=O) groups is 2. The van der Waals surface area contributed by atoms with Crippen LogP contribution in [0.4, 0.5) is 0 Å². The Morgan fingerprint density at radius 2 is 1.76 bits per heavy atom. The van der Waals surface area contributed by atoms with Crippen molar-refractivity contribution in [3.05, 3.63) is 48.0 Å². The highest BCUT2D eigenvalue weighted by atomic mass is 16.4. The lowest BCUT2D eigenvalue weighted by Gasteiger charge is -2.05. The van der Waals surface area contributed by atoms with Crippen LogP contribution in [0.5, 0.6) is 0 Å². The normalized spacial score (nSPS) is 10.5. The molecule has 21 heavy (non-hydrogen) atoms. The van der Waals surface area contributed by atoms with Crippen LogP contribution in [0.25, 0.3) is 10.8 Å². The van der Waals surface area contributed by atoms with Crippen molar-refractivity contribution in [1.29, 1.82) is 0 Å². The third-order valence-electron chi connectivity index (χ3n) is 3.34. The van der Waals surface area contributed by atoms with E-state index in [4.69, 9.17) is 5.11 Å². The van der Waals surface area contributed by atoms with Crippen LogP contribution in [-0.2, 0) is 16.0 Å². The molecule has 4 nitrogen and oxygen atoms in total. The van der Waals surface area contributed by atoms with Crippen molar-refractivity contribution >= 4 is 22.6 Å². The van der Waals surface area contributed by atoms with Crippen LogP contribution in [-0.4, -0.2) is 23.5 Å². The van der Waals surface area contributed by atoms with Crippen LogP contribution in [0.15, 0.2) is 42.5 Å². The zero-order valence-electron chi connectivity index (χ0n) is 11.8. The molecule has 0 bridgehead atoms. The fraction of sp³-hybridized carbons (Fsp3) is 0.294. The fourth-order valence-electron chi connectivity index (χ4n) is 2.24. The number of hydrogen-bond acceptors (Lipinski definition) is 2. The van der Waals surface area contributed by atoms with Gasteiger partial charge in [-0.3, -0.25) is 9.59 Å². The molecule has 110 valence electrons. The zero-order valence-corrected chi connectivity index (χ0v) is 11.8. The van der Waals surface area contributed by atoms with E-state index in [1.165, 1.54) is 16.3 Å². The molecule has 2 N–H and O–H groups in total. The number of nitrogens with one attached hydrogen (secondary N) is 1. The highest BCUT2D eigenvalue weighted by Gasteiger charge is 2.03. The van der Waals surface area contributed by atoms with Crippen molar-refractivity contribution in [1.82, 2.24) is 5.32 Å². The van der Waals surface area contributed by atoms with Gasteiger partial charge in [0.25, 0.3) is 0 Å². The molecule has 0 aliphatic carbocycles. The first-order valence-electron chi connectivity index (χ1n) is 7.11. The molecule has 0 atom stereocenters. The van der Waals surface area contributed by atoms with Crippen molar-refractivity contribution < 1.29 is 14.7 Å². The predicted octanol–water partition coefficient (Wildman–Crippen LogP) is 2.75. The van der Waals surface area contributed by atoms with Gasteiger partial charge in [0.05, 0.1) is 6.42 Å². The SMILES string of the molecule is O=C(O)CCNC(=O)CCCc1ccc2ccccc2c1. The Balaban J connectivity index is 1.77. The Labute approximate surface area is 123 Å². The molecular weight excluding hydrogens is 266 g/mol. The number of carboxylic acid groups (broad SMARTS) is 1. The van der Waals surface area contributed by atoms with E-state index < -0.39 is 5.97 Å². The molecule has 0 fully saturated rings. The number of carboxylic acids is 1. The van der Waals surface area contributed by atoms with Crippen LogP contribution in [0.1, 0.15) is 24.8 Å². The van der Waals surface area contributed by atoms with Crippen LogP contribution < -0.4 is 5.32 Å². The Kier molecular flexibility index (Phi) is 5.32. The van der Waals surface area contributed by atoms with Gasteiger partial charge in [-0.2, -0.15) is 0 Å². The number of benzene rings is 2. The average Bonchev–Trinajstić information content (AvgIpc) is 2.47. The maximum absolute atomic E-state index is 11.5. The standard InChI is InChI=1S/C17H19NO3/c19-16(18-11-10-17(20)21)7-3-4-13-8-9-14-5-1-2-6-15(14)12-13/h1-2,5-6,8-9,12H,3-4,7,10-11H2,(H,18,19)(H,20,21). The van der Waals surface area contributed by atoms with Gasteiger partial charge < -0.3 is 10.4 Å². The second-order valence-corrected chi connectivity index (χ2v) is 5.03. The van der Waals surface area contributed by atoms with Gasteiger partial charge in [-0.1, -0.05) is 42.5 Å². The molecule has 2 aromatic rings. The first-order valence-corrected chi connectivity index (χ1v) is 7.11. The molecule has 0 saturated heterocycles. The number of hydrogen-bond donors (Lipinski definition) is 2. The maximum atomic E-state index is 11.5. The summed E-state index contributed by atoms with van der Waals surface area (Å²) in [6.07, 6.45) is 2.00. The largest absolute Gasteiger partial charge is 0.481 e. The summed E-state index contributed by atoms with van der Waals surface area (Å²) in [5.41, 5.74) is 1.21. The summed E-state index contributed by atoms with van der Waals surface area (Å²) in [6, 6.07) is 14.5. The summed E-state index contributed by atoms with van der Waals surface area (Å²) < 4.78 is 0. The topological polar surface area (TPSA) is 66.4 Å². The van der Waals surface area contributed by atoms with Crippen LogP contribution >= 0.6 is 0 Å². The number of aryl methyl sites for hydroxylation is 1. The Bertz CT molecular complexity index is 637. The van der Waals surface area contributed by atoms with Gasteiger partial charge in [0.1, 0.15) is 0 Å². The van der Waals surface area contributed by atoms with E-state index in [-0.39, 0.29) is 18.9 Å². The third-order valence-corrected chi connectivity index (χ3v) is 3.34. The van der Waals surface area contributed by atoms with Gasteiger partial charge in [0.15, 0.2) is 0 Å². The lowest BCUT2D eigenvalue weighted by atomic mass is 10.0. The number of rotatable bonds is 7. The van der Waals surface area contributed by atoms with Gasteiger partial charge in [0.2, 0.25) is 5.91 Å². The molecule has 0 spiro atoms. The van der Waals surface area contributed by atoms with Gasteiger partial charge in [0, 0.05) is 13.0 Å². The summed E-state index contributed by atoms with van der Waals surface area (Å²) in [4.78, 5) is 21.9. The number of carbonyl (C=O) groups excluding carboxylic acids is 1. The molecule has 2 aromatic carbocycles. The maximum Gasteiger partial charge on any atom is 0.305 e. The van der Waals surface area contributed by atoms with E-state index in [1.807, 2.05) is 12.1 Å². The van der Waals surface area contributed by atoms with E-state index in [1.54, 1.807) is 0 Å². The lowest BCUT2D eigenvalue weighted by Crippen LogP contribution is -2.25. The number of aliphatic carboxylic acids is 1. The molecule has 0 heterocycles. The highest BCUT2D eigenvalue weighted by Crippen LogP contribution is 2.16. The minimum absolute atomic E-state index is 0.0313. The smallest absolute Gasteiger partial charge is 0.305 e. The lowest BCUT2D eigenvalue weighted by molar-refractivity contribution is -0.136. The molecule has 0 aliphatic rings. The molecular formula is C17H19NO3.